The van der Waals surface area contributed by atoms with E-state index in [9.17, 15) is 0 Å². The first kappa shape index (κ1) is 11.9. The summed E-state index contributed by atoms with van der Waals surface area (Å²) in [6, 6.07) is 4.29. The third-order valence-corrected chi connectivity index (χ3v) is 4.58. The minimum absolute atomic E-state index is 1.05. The summed E-state index contributed by atoms with van der Waals surface area (Å²) in [6.07, 6.45) is 1.78. The second kappa shape index (κ2) is 5.19. The molecule has 2 aromatic rings. The normalized spacial score (nSPS) is 11.2. The molecule has 3 heteroatoms. The monoisotopic (exact) mass is 252 g/mol. The van der Waals surface area contributed by atoms with E-state index < -0.39 is 0 Å². The molecule has 0 aliphatic rings. The summed E-state index contributed by atoms with van der Waals surface area (Å²) < 4.78 is 5.59. The zero-order valence-electron chi connectivity index (χ0n) is 9.87. The molecule has 86 valence electrons. The molecule has 1 heterocycles. The van der Waals surface area contributed by atoms with Crippen molar-refractivity contribution >= 4 is 34.5 Å². The molecule has 1 aromatic carbocycles. The van der Waals surface area contributed by atoms with Crippen LogP contribution in [0.3, 0.4) is 0 Å². The van der Waals surface area contributed by atoms with Gasteiger partial charge in [-0.25, -0.2) is 0 Å². The van der Waals surface area contributed by atoms with Crippen molar-refractivity contribution in [3.05, 3.63) is 24.0 Å². The van der Waals surface area contributed by atoms with Crippen LogP contribution < -0.4 is 0 Å². The number of thioether (sulfide) groups is 2. The van der Waals surface area contributed by atoms with Gasteiger partial charge in [-0.05, 0) is 36.1 Å². The highest BCUT2D eigenvalue weighted by atomic mass is 32.2. The summed E-state index contributed by atoms with van der Waals surface area (Å²) in [6.45, 7) is 6.56. The van der Waals surface area contributed by atoms with Crippen molar-refractivity contribution in [3.63, 3.8) is 0 Å². The summed E-state index contributed by atoms with van der Waals surface area (Å²) in [5.74, 6) is 2.19. The van der Waals surface area contributed by atoms with E-state index in [2.05, 4.69) is 26.8 Å². The van der Waals surface area contributed by atoms with Crippen molar-refractivity contribution in [3.8, 4) is 0 Å². The minimum Gasteiger partial charge on any atom is -0.463 e. The third-order valence-electron chi connectivity index (χ3n) is 2.49. The first-order valence-electron chi connectivity index (χ1n) is 5.54. The van der Waals surface area contributed by atoms with Crippen molar-refractivity contribution in [1.29, 1.82) is 0 Å². The predicted octanol–water partition coefficient (Wildman–Crippen LogP) is 4.97. The molecular weight excluding hydrogens is 236 g/mol. The van der Waals surface area contributed by atoms with Gasteiger partial charge in [-0.2, -0.15) is 0 Å². The maximum absolute atomic E-state index is 5.59. The van der Waals surface area contributed by atoms with Crippen LogP contribution in [-0.2, 0) is 0 Å². The largest absolute Gasteiger partial charge is 0.463 e. The number of benzene rings is 1. The lowest BCUT2D eigenvalue weighted by atomic mass is 10.2. The van der Waals surface area contributed by atoms with Gasteiger partial charge in [0.2, 0.25) is 0 Å². The highest BCUT2D eigenvalue weighted by Crippen LogP contribution is 2.37. The van der Waals surface area contributed by atoms with Crippen LogP contribution in [0.25, 0.3) is 11.0 Å². The number of rotatable bonds is 4. The van der Waals surface area contributed by atoms with Gasteiger partial charge in [0.1, 0.15) is 5.58 Å². The van der Waals surface area contributed by atoms with Gasteiger partial charge in [-0.1, -0.05) is 13.8 Å². The van der Waals surface area contributed by atoms with E-state index in [-0.39, 0.29) is 0 Å². The highest BCUT2D eigenvalue weighted by molar-refractivity contribution is 8.00. The Balaban J connectivity index is 2.61. The van der Waals surface area contributed by atoms with Crippen LogP contribution in [0.5, 0.6) is 0 Å². The topological polar surface area (TPSA) is 13.1 Å². The van der Waals surface area contributed by atoms with Crippen LogP contribution in [0.4, 0.5) is 0 Å². The Morgan fingerprint density at radius 1 is 1.19 bits per heavy atom. The summed E-state index contributed by atoms with van der Waals surface area (Å²) in [4.78, 5) is 2.69. The van der Waals surface area contributed by atoms with Gasteiger partial charge in [-0.15, -0.1) is 23.5 Å². The molecule has 0 amide bonds. The molecule has 0 fully saturated rings. The average Bonchev–Trinajstić information content (AvgIpc) is 2.72. The van der Waals surface area contributed by atoms with Gasteiger partial charge < -0.3 is 4.42 Å². The van der Waals surface area contributed by atoms with E-state index in [1.165, 1.54) is 20.7 Å². The molecule has 16 heavy (non-hydrogen) atoms. The Hall–Kier alpha value is -0.540. The van der Waals surface area contributed by atoms with Gasteiger partial charge in [-0.3, -0.25) is 0 Å². The molecule has 0 spiro atoms. The van der Waals surface area contributed by atoms with Crippen LogP contribution in [0.15, 0.2) is 32.6 Å². The number of furan rings is 1. The quantitative estimate of drug-likeness (QED) is 0.714. The van der Waals surface area contributed by atoms with E-state index in [0.29, 0.717) is 0 Å². The standard InChI is InChI=1S/C13H16OS2/c1-4-15-11-8-10-6-7-14-12(10)13(9(11)3)16-5-2/h6-8H,4-5H2,1-3H3. The van der Waals surface area contributed by atoms with E-state index >= 15 is 0 Å². The zero-order chi connectivity index (χ0) is 11.5. The highest BCUT2D eigenvalue weighted by Gasteiger charge is 2.12. The Morgan fingerprint density at radius 3 is 2.62 bits per heavy atom. The number of fused-ring (bicyclic) bond motifs is 1. The van der Waals surface area contributed by atoms with Gasteiger partial charge in [0, 0.05) is 10.3 Å². The molecule has 0 saturated heterocycles. The number of hydrogen-bond acceptors (Lipinski definition) is 3. The molecule has 0 aliphatic heterocycles. The molecule has 0 unspecified atom stereocenters. The van der Waals surface area contributed by atoms with E-state index in [1.54, 1.807) is 6.26 Å². The fraction of sp³-hybridized carbons (Fsp3) is 0.385. The Labute approximate surface area is 105 Å². The predicted molar refractivity (Wildman–Crippen MR) is 73.7 cm³/mol. The lowest BCUT2D eigenvalue weighted by Crippen LogP contribution is -1.87. The zero-order valence-corrected chi connectivity index (χ0v) is 11.5. The molecule has 1 nitrogen and oxygen atoms in total. The Kier molecular flexibility index (Phi) is 3.87. The van der Waals surface area contributed by atoms with Crippen LogP contribution >= 0.6 is 23.5 Å². The van der Waals surface area contributed by atoms with Gasteiger partial charge in [0.05, 0.1) is 11.2 Å². The van der Waals surface area contributed by atoms with Gasteiger partial charge in [0.15, 0.2) is 0 Å². The van der Waals surface area contributed by atoms with E-state index in [4.69, 9.17) is 4.42 Å². The van der Waals surface area contributed by atoms with Crippen molar-refractivity contribution in [2.24, 2.45) is 0 Å². The van der Waals surface area contributed by atoms with Crippen LogP contribution in [0, 0.1) is 6.92 Å². The molecule has 1 aromatic heterocycles. The summed E-state index contributed by atoms with van der Waals surface area (Å²) in [5.41, 5.74) is 2.41. The molecule has 0 N–H and O–H groups in total. The molecule has 0 saturated carbocycles. The summed E-state index contributed by atoms with van der Waals surface area (Å²) in [5, 5.41) is 1.22. The Bertz CT molecular complexity index is 488. The summed E-state index contributed by atoms with van der Waals surface area (Å²) >= 11 is 3.77. The molecule has 0 atom stereocenters. The SMILES string of the molecule is CCSc1cc2ccoc2c(SCC)c1C. The van der Waals surface area contributed by atoms with Crippen molar-refractivity contribution in [2.75, 3.05) is 11.5 Å². The first-order chi connectivity index (χ1) is 7.77. The molecular formula is C13H16OS2. The maximum atomic E-state index is 5.59. The van der Waals surface area contributed by atoms with Crippen LogP contribution in [0.1, 0.15) is 19.4 Å². The molecule has 0 radical (unpaired) electrons. The van der Waals surface area contributed by atoms with Crippen molar-refractivity contribution < 1.29 is 4.42 Å². The molecule has 0 aliphatic carbocycles. The Morgan fingerprint density at radius 2 is 1.94 bits per heavy atom. The van der Waals surface area contributed by atoms with Crippen molar-refractivity contribution in [2.45, 2.75) is 30.6 Å². The average molecular weight is 252 g/mol. The second-order valence-electron chi connectivity index (χ2n) is 3.53. The maximum Gasteiger partial charge on any atom is 0.147 e. The fourth-order valence-electron chi connectivity index (χ4n) is 1.77. The lowest BCUT2D eigenvalue weighted by molar-refractivity contribution is 0.607. The van der Waals surface area contributed by atoms with Crippen LogP contribution in [-0.4, -0.2) is 11.5 Å². The first-order valence-corrected chi connectivity index (χ1v) is 7.51. The van der Waals surface area contributed by atoms with E-state index in [1.807, 2.05) is 29.6 Å². The van der Waals surface area contributed by atoms with Crippen LogP contribution in [0.2, 0.25) is 0 Å². The molecule has 2 rings (SSSR count). The lowest BCUT2D eigenvalue weighted by Gasteiger charge is -2.10. The minimum atomic E-state index is 1.05. The fourth-order valence-corrected chi connectivity index (χ4v) is 3.59. The van der Waals surface area contributed by atoms with Gasteiger partial charge >= 0.3 is 0 Å². The van der Waals surface area contributed by atoms with Crippen molar-refractivity contribution in [1.82, 2.24) is 0 Å². The number of hydrogen-bond donors (Lipinski definition) is 0. The van der Waals surface area contributed by atoms with E-state index in [0.717, 1.165) is 17.1 Å². The third kappa shape index (κ3) is 2.11. The smallest absolute Gasteiger partial charge is 0.147 e. The molecule has 0 bridgehead atoms. The second-order valence-corrected chi connectivity index (χ2v) is 6.11. The summed E-state index contributed by atoms with van der Waals surface area (Å²) in [7, 11) is 0. The van der Waals surface area contributed by atoms with Gasteiger partial charge in [0.25, 0.3) is 0 Å².